The van der Waals surface area contributed by atoms with Crippen LogP contribution < -0.4 is 15.0 Å². The number of anilines is 2. The van der Waals surface area contributed by atoms with Crippen molar-refractivity contribution in [2.45, 2.75) is 31.1 Å². The summed E-state index contributed by atoms with van der Waals surface area (Å²) < 4.78 is 35.8. The van der Waals surface area contributed by atoms with Gasteiger partial charge in [-0.2, -0.15) is 0 Å². The second-order valence-corrected chi connectivity index (χ2v) is 11.9. The van der Waals surface area contributed by atoms with Crippen molar-refractivity contribution in [1.82, 2.24) is 0 Å². The van der Waals surface area contributed by atoms with E-state index in [1.165, 1.54) is 12.1 Å². The minimum Gasteiger partial charge on any atom is -0.454 e. The number of amides is 1. The number of rotatable bonds is 6. The summed E-state index contributed by atoms with van der Waals surface area (Å²) in [5.41, 5.74) is 2.55. The molecule has 0 bridgehead atoms. The van der Waals surface area contributed by atoms with E-state index in [-0.39, 0.29) is 16.2 Å². The van der Waals surface area contributed by atoms with Crippen LogP contribution in [0.15, 0.2) is 71.6 Å². The van der Waals surface area contributed by atoms with E-state index in [1.54, 1.807) is 18.2 Å². The van der Waals surface area contributed by atoms with E-state index < -0.39 is 9.84 Å². The molecule has 3 aromatic rings. The highest BCUT2D eigenvalue weighted by molar-refractivity contribution is 7.90. The Labute approximate surface area is 213 Å². The van der Waals surface area contributed by atoms with Gasteiger partial charge in [-0.1, -0.05) is 45.0 Å². The van der Waals surface area contributed by atoms with E-state index in [0.29, 0.717) is 36.0 Å². The van der Waals surface area contributed by atoms with Crippen LogP contribution in [0.2, 0.25) is 0 Å². The van der Waals surface area contributed by atoms with Crippen molar-refractivity contribution in [3.63, 3.8) is 0 Å². The van der Waals surface area contributed by atoms with Crippen molar-refractivity contribution in [1.29, 1.82) is 0 Å². The summed E-state index contributed by atoms with van der Waals surface area (Å²) in [7, 11) is -3.40. The number of carbonyl (C=O) groups excluding carboxylic acids is 1. The summed E-state index contributed by atoms with van der Waals surface area (Å²) in [6, 6.07) is 19.6. The number of carbonyl (C=O) groups is 1. The molecule has 4 rings (SSSR count). The van der Waals surface area contributed by atoms with Crippen LogP contribution >= 0.6 is 0 Å². The second kappa shape index (κ2) is 10.3. The fraction of sp³-hybridized carbons (Fsp3) is 0.321. The average Bonchev–Trinajstić information content (AvgIpc) is 2.84. The number of benzene rings is 3. The van der Waals surface area contributed by atoms with Gasteiger partial charge < -0.3 is 19.7 Å². The molecule has 0 aliphatic carbocycles. The first-order valence-electron chi connectivity index (χ1n) is 11.9. The smallest absolute Gasteiger partial charge is 0.259 e. The van der Waals surface area contributed by atoms with Crippen LogP contribution in [0.4, 0.5) is 11.4 Å². The molecule has 36 heavy (non-hydrogen) atoms. The lowest BCUT2D eigenvalue weighted by Gasteiger charge is -2.30. The summed E-state index contributed by atoms with van der Waals surface area (Å²) in [5, 5.41) is 2.82. The molecular formula is C28H32N2O5S. The fourth-order valence-corrected chi connectivity index (χ4v) is 4.66. The topological polar surface area (TPSA) is 84.9 Å². The number of para-hydroxylation sites is 2. The molecule has 0 spiro atoms. The lowest BCUT2D eigenvalue weighted by Crippen LogP contribution is -2.36. The molecular weight excluding hydrogens is 476 g/mol. The van der Waals surface area contributed by atoms with Gasteiger partial charge in [0.2, 0.25) is 0 Å². The lowest BCUT2D eigenvalue weighted by molar-refractivity contribution is 0.102. The highest BCUT2D eigenvalue weighted by Gasteiger charge is 2.22. The molecule has 1 N–H and O–H groups in total. The van der Waals surface area contributed by atoms with Crippen molar-refractivity contribution in [3.8, 4) is 11.5 Å². The van der Waals surface area contributed by atoms with Crippen LogP contribution in [0, 0.1) is 0 Å². The summed E-state index contributed by atoms with van der Waals surface area (Å²) in [4.78, 5) is 15.7. The molecule has 1 saturated heterocycles. The van der Waals surface area contributed by atoms with E-state index in [2.05, 4.69) is 31.0 Å². The predicted molar refractivity (Wildman–Crippen MR) is 142 cm³/mol. The molecule has 0 saturated carbocycles. The number of hydrogen-bond donors (Lipinski definition) is 1. The van der Waals surface area contributed by atoms with Crippen LogP contribution in [0.3, 0.4) is 0 Å². The molecule has 0 unspecified atom stereocenters. The van der Waals surface area contributed by atoms with Crippen LogP contribution in [-0.4, -0.2) is 46.9 Å². The zero-order valence-corrected chi connectivity index (χ0v) is 21.9. The van der Waals surface area contributed by atoms with Crippen LogP contribution in [0.5, 0.6) is 11.5 Å². The van der Waals surface area contributed by atoms with Gasteiger partial charge in [-0.05, 0) is 53.4 Å². The van der Waals surface area contributed by atoms with Gasteiger partial charge in [0, 0.05) is 25.0 Å². The molecule has 1 aliphatic rings. The zero-order chi connectivity index (χ0) is 25.9. The summed E-state index contributed by atoms with van der Waals surface area (Å²) in [6.45, 7) is 9.11. The molecule has 7 nitrogen and oxygen atoms in total. The molecule has 1 amide bonds. The van der Waals surface area contributed by atoms with Gasteiger partial charge in [-0.15, -0.1) is 0 Å². The zero-order valence-electron chi connectivity index (χ0n) is 21.1. The Hall–Kier alpha value is -3.36. The minimum atomic E-state index is -3.40. The highest BCUT2D eigenvalue weighted by atomic mass is 32.2. The van der Waals surface area contributed by atoms with Crippen molar-refractivity contribution < 1.29 is 22.7 Å². The number of morpholine rings is 1. The molecule has 1 aliphatic heterocycles. The maximum atomic E-state index is 13.4. The Bertz CT molecular complexity index is 1360. The van der Waals surface area contributed by atoms with Crippen molar-refractivity contribution in [2.24, 2.45) is 0 Å². The number of ether oxygens (including phenoxy) is 2. The molecule has 3 aromatic carbocycles. The maximum absolute atomic E-state index is 13.4. The number of hydrogen-bond acceptors (Lipinski definition) is 6. The van der Waals surface area contributed by atoms with Gasteiger partial charge in [-0.3, -0.25) is 4.79 Å². The molecule has 1 fully saturated rings. The quantitative estimate of drug-likeness (QED) is 0.488. The van der Waals surface area contributed by atoms with E-state index >= 15 is 0 Å². The first-order valence-corrected chi connectivity index (χ1v) is 13.8. The number of sulfone groups is 1. The third kappa shape index (κ3) is 6.06. The molecule has 190 valence electrons. The van der Waals surface area contributed by atoms with Crippen molar-refractivity contribution >= 4 is 27.1 Å². The van der Waals surface area contributed by atoms with E-state index in [1.807, 2.05) is 36.4 Å². The van der Waals surface area contributed by atoms with Crippen LogP contribution in [-0.2, 0) is 20.0 Å². The summed E-state index contributed by atoms with van der Waals surface area (Å²) in [5.74, 6) is 0.693. The molecule has 0 aromatic heterocycles. The Balaban J connectivity index is 1.70. The van der Waals surface area contributed by atoms with E-state index in [9.17, 15) is 13.2 Å². The van der Waals surface area contributed by atoms with Gasteiger partial charge in [-0.25, -0.2) is 8.42 Å². The fourth-order valence-electron chi connectivity index (χ4n) is 3.99. The van der Waals surface area contributed by atoms with Gasteiger partial charge in [0.25, 0.3) is 5.91 Å². The van der Waals surface area contributed by atoms with E-state index in [4.69, 9.17) is 9.47 Å². The van der Waals surface area contributed by atoms with Crippen molar-refractivity contribution in [3.05, 3.63) is 77.9 Å². The third-order valence-electron chi connectivity index (χ3n) is 6.05. The predicted octanol–water partition coefficient (Wildman–Crippen LogP) is 5.27. The lowest BCUT2D eigenvalue weighted by atomic mass is 9.86. The Morgan fingerprint density at radius 2 is 1.67 bits per heavy atom. The Kier molecular flexibility index (Phi) is 7.38. The molecule has 0 atom stereocenters. The molecule has 8 heteroatoms. The Morgan fingerprint density at radius 3 is 2.36 bits per heavy atom. The van der Waals surface area contributed by atoms with Crippen LogP contribution in [0.1, 0.15) is 36.7 Å². The molecule has 1 heterocycles. The first kappa shape index (κ1) is 25.7. The van der Waals surface area contributed by atoms with Gasteiger partial charge >= 0.3 is 0 Å². The van der Waals surface area contributed by atoms with Crippen molar-refractivity contribution in [2.75, 3.05) is 42.8 Å². The molecule has 0 radical (unpaired) electrons. The largest absolute Gasteiger partial charge is 0.454 e. The SMILES string of the molecule is CC(C)(C)c1ccc(C(=O)Nc2cccc(S(C)(=O)=O)c2)c(Oc2ccccc2N2CCOCC2)c1. The number of nitrogens with one attached hydrogen (secondary N) is 1. The summed E-state index contributed by atoms with van der Waals surface area (Å²) >= 11 is 0. The first-order chi connectivity index (χ1) is 17.0. The average molecular weight is 509 g/mol. The summed E-state index contributed by atoms with van der Waals surface area (Å²) in [6.07, 6.45) is 1.14. The standard InChI is InChI=1S/C28H32N2O5S/c1-28(2,3)20-12-13-23(27(31)29-21-8-7-9-22(19-21)36(4,32)33)26(18-20)35-25-11-6-5-10-24(25)30-14-16-34-17-15-30/h5-13,18-19H,14-17H2,1-4H3,(H,29,31). The minimum absolute atomic E-state index is 0.138. The maximum Gasteiger partial charge on any atom is 0.259 e. The number of nitrogens with zero attached hydrogens (tertiary/aromatic N) is 1. The van der Waals surface area contributed by atoms with Gasteiger partial charge in [0.1, 0.15) is 5.75 Å². The second-order valence-electron chi connectivity index (χ2n) is 9.88. The highest BCUT2D eigenvalue weighted by Crippen LogP contribution is 2.37. The third-order valence-corrected chi connectivity index (χ3v) is 7.16. The van der Waals surface area contributed by atoms with Gasteiger partial charge in [0.15, 0.2) is 15.6 Å². The van der Waals surface area contributed by atoms with E-state index in [0.717, 1.165) is 30.6 Å². The van der Waals surface area contributed by atoms with Gasteiger partial charge in [0.05, 0.1) is 29.4 Å². The Morgan fingerprint density at radius 1 is 0.944 bits per heavy atom. The monoisotopic (exact) mass is 508 g/mol. The van der Waals surface area contributed by atoms with Crippen LogP contribution in [0.25, 0.3) is 0 Å². The normalized spacial score (nSPS) is 14.4.